The first-order valence-electron chi connectivity index (χ1n) is 12.4. The van der Waals surface area contributed by atoms with Crippen molar-refractivity contribution >= 4 is 28.2 Å². The van der Waals surface area contributed by atoms with Crippen LogP contribution in [0.5, 0.6) is 0 Å². The minimum atomic E-state index is -2.68. The third-order valence-corrected chi connectivity index (χ3v) is 7.33. The van der Waals surface area contributed by atoms with Crippen molar-refractivity contribution in [2.45, 2.75) is 31.6 Å². The summed E-state index contributed by atoms with van der Waals surface area (Å²) in [5, 5.41) is 15.5. The first-order chi connectivity index (χ1) is 17.9. The summed E-state index contributed by atoms with van der Waals surface area (Å²) in [5.41, 5.74) is 3.60. The number of hydrogen-bond donors (Lipinski definition) is 1. The highest BCUT2D eigenvalue weighted by molar-refractivity contribution is 6.00. The van der Waals surface area contributed by atoms with Gasteiger partial charge in [0, 0.05) is 54.5 Å². The van der Waals surface area contributed by atoms with Gasteiger partial charge in [0.05, 0.1) is 12.8 Å². The molecule has 4 aromatic rings. The standard InChI is InChI=1S/C28H26F2N4O3/c1-33-14-20(13-31-33)22-10-17-3-2-7-34(25(17)12-23(22)26(29)30)27-21-5-4-16(18-6-8-37-15-18)9-19(21)11-24(32-27)28(35)36/h4-5,9-14,18,26H,2-3,6-8,15H2,1H3,(H,35,36). The molecule has 37 heavy (non-hydrogen) atoms. The molecule has 2 aliphatic rings. The molecule has 6 rings (SSSR count). The number of carboxylic acids is 1. The van der Waals surface area contributed by atoms with Gasteiger partial charge in [-0.1, -0.05) is 18.2 Å². The number of aromatic nitrogens is 3. The van der Waals surface area contributed by atoms with Crippen LogP contribution < -0.4 is 4.90 Å². The Balaban J connectivity index is 1.52. The summed E-state index contributed by atoms with van der Waals surface area (Å²) in [5.74, 6) is -0.390. The number of anilines is 2. The summed E-state index contributed by atoms with van der Waals surface area (Å²) in [6.07, 6.45) is 3.07. The summed E-state index contributed by atoms with van der Waals surface area (Å²) in [7, 11) is 1.75. The van der Waals surface area contributed by atoms with E-state index in [0.29, 0.717) is 42.4 Å². The lowest BCUT2D eigenvalue weighted by atomic mass is 9.92. The summed E-state index contributed by atoms with van der Waals surface area (Å²) < 4.78 is 35.7. The molecular weight excluding hydrogens is 478 g/mol. The lowest BCUT2D eigenvalue weighted by Gasteiger charge is -2.32. The molecule has 1 unspecified atom stereocenters. The summed E-state index contributed by atoms with van der Waals surface area (Å²) in [6.45, 7) is 1.90. The van der Waals surface area contributed by atoms with Crippen molar-refractivity contribution in [2.24, 2.45) is 7.05 Å². The number of rotatable bonds is 5. The van der Waals surface area contributed by atoms with Crippen LogP contribution in [-0.2, 0) is 18.2 Å². The van der Waals surface area contributed by atoms with Gasteiger partial charge in [-0.2, -0.15) is 5.10 Å². The Morgan fingerprint density at radius 1 is 1.22 bits per heavy atom. The Bertz CT molecular complexity index is 1510. The van der Waals surface area contributed by atoms with E-state index in [1.807, 2.05) is 29.2 Å². The minimum absolute atomic E-state index is 0.0736. The van der Waals surface area contributed by atoms with E-state index in [1.54, 1.807) is 30.2 Å². The van der Waals surface area contributed by atoms with Crippen LogP contribution in [0.1, 0.15) is 52.4 Å². The molecule has 4 heterocycles. The quantitative estimate of drug-likeness (QED) is 0.367. The van der Waals surface area contributed by atoms with E-state index in [9.17, 15) is 18.7 Å². The molecule has 2 aliphatic heterocycles. The number of ether oxygens (including phenoxy) is 1. The molecule has 1 saturated heterocycles. The van der Waals surface area contributed by atoms with Crippen LogP contribution in [-0.4, -0.2) is 45.6 Å². The van der Waals surface area contributed by atoms with Crippen molar-refractivity contribution in [1.29, 1.82) is 0 Å². The number of aryl methyl sites for hydroxylation is 2. The number of pyridine rings is 1. The van der Waals surface area contributed by atoms with Crippen molar-refractivity contribution in [2.75, 3.05) is 24.7 Å². The fourth-order valence-corrected chi connectivity index (χ4v) is 5.48. The van der Waals surface area contributed by atoms with Crippen LogP contribution in [0.15, 0.2) is 48.8 Å². The molecule has 2 aromatic heterocycles. The molecule has 0 bridgehead atoms. The van der Waals surface area contributed by atoms with Crippen molar-refractivity contribution in [3.05, 3.63) is 71.2 Å². The second kappa shape index (κ2) is 9.23. The van der Waals surface area contributed by atoms with Crippen LogP contribution in [0.2, 0.25) is 0 Å². The Kier molecular flexibility index (Phi) is 5.87. The number of carbonyl (C=O) groups is 1. The number of alkyl halides is 2. The molecule has 0 spiro atoms. The molecule has 0 saturated carbocycles. The van der Waals surface area contributed by atoms with E-state index in [4.69, 9.17) is 4.74 Å². The highest BCUT2D eigenvalue weighted by Crippen LogP contribution is 2.43. The number of fused-ring (bicyclic) bond motifs is 2. The van der Waals surface area contributed by atoms with Crippen LogP contribution in [0.3, 0.4) is 0 Å². The molecule has 1 fully saturated rings. The van der Waals surface area contributed by atoms with E-state index in [2.05, 4.69) is 10.1 Å². The van der Waals surface area contributed by atoms with Crippen LogP contribution >= 0.6 is 0 Å². The molecule has 190 valence electrons. The normalized spacial score (nSPS) is 17.5. The number of benzene rings is 2. The molecule has 1 atom stereocenters. The maximum atomic E-state index is 14.3. The number of carboxylic acid groups (broad SMARTS) is 1. The third-order valence-electron chi connectivity index (χ3n) is 7.33. The van der Waals surface area contributed by atoms with Crippen LogP contribution in [0, 0.1) is 0 Å². The highest BCUT2D eigenvalue weighted by atomic mass is 19.3. The zero-order valence-electron chi connectivity index (χ0n) is 20.3. The van der Waals surface area contributed by atoms with Gasteiger partial charge in [0.15, 0.2) is 5.69 Å². The second-order valence-corrected chi connectivity index (χ2v) is 9.70. The lowest BCUT2D eigenvalue weighted by Crippen LogP contribution is -2.26. The third kappa shape index (κ3) is 4.23. The zero-order valence-corrected chi connectivity index (χ0v) is 20.3. The average Bonchev–Trinajstić information content (AvgIpc) is 3.59. The van der Waals surface area contributed by atoms with Crippen molar-refractivity contribution in [3.8, 4) is 11.1 Å². The molecular formula is C28H26F2N4O3. The fraction of sp³-hybridized carbons (Fsp3) is 0.321. The van der Waals surface area contributed by atoms with Gasteiger partial charge in [0.1, 0.15) is 5.82 Å². The smallest absolute Gasteiger partial charge is 0.354 e. The van der Waals surface area contributed by atoms with Gasteiger partial charge in [-0.15, -0.1) is 0 Å². The van der Waals surface area contributed by atoms with Crippen molar-refractivity contribution < 1.29 is 23.4 Å². The number of hydrogen-bond acceptors (Lipinski definition) is 5. The van der Waals surface area contributed by atoms with Gasteiger partial charge >= 0.3 is 5.97 Å². The Labute approximate surface area is 212 Å². The topological polar surface area (TPSA) is 80.5 Å². The Morgan fingerprint density at radius 3 is 2.78 bits per heavy atom. The van der Waals surface area contributed by atoms with Gasteiger partial charge in [0.2, 0.25) is 0 Å². The largest absolute Gasteiger partial charge is 0.477 e. The monoisotopic (exact) mass is 504 g/mol. The average molecular weight is 505 g/mol. The number of halogens is 2. The van der Waals surface area contributed by atoms with E-state index >= 15 is 0 Å². The van der Waals surface area contributed by atoms with E-state index in [0.717, 1.165) is 41.2 Å². The summed E-state index contributed by atoms with van der Waals surface area (Å²) in [4.78, 5) is 18.4. The molecule has 9 heteroatoms. The molecule has 0 aliphatic carbocycles. The molecule has 0 amide bonds. The van der Waals surface area contributed by atoms with Gasteiger partial charge in [-0.25, -0.2) is 18.6 Å². The highest BCUT2D eigenvalue weighted by Gasteiger charge is 2.27. The molecule has 0 radical (unpaired) electrons. The Morgan fingerprint density at radius 2 is 2.08 bits per heavy atom. The number of aromatic carboxylic acids is 1. The van der Waals surface area contributed by atoms with Crippen molar-refractivity contribution in [1.82, 2.24) is 14.8 Å². The van der Waals surface area contributed by atoms with Crippen LogP contribution in [0.25, 0.3) is 21.9 Å². The maximum absolute atomic E-state index is 14.3. The first-order valence-corrected chi connectivity index (χ1v) is 12.4. The summed E-state index contributed by atoms with van der Waals surface area (Å²) in [6, 6.07) is 10.9. The van der Waals surface area contributed by atoms with Gasteiger partial charge < -0.3 is 14.7 Å². The van der Waals surface area contributed by atoms with E-state index < -0.39 is 12.4 Å². The number of nitrogens with zero attached hydrogens (tertiary/aromatic N) is 4. The van der Waals surface area contributed by atoms with Crippen molar-refractivity contribution in [3.63, 3.8) is 0 Å². The van der Waals surface area contributed by atoms with Crippen LogP contribution in [0.4, 0.5) is 20.3 Å². The fourth-order valence-electron chi connectivity index (χ4n) is 5.48. The molecule has 7 nitrogen and oxygen atoms in total. The van der Waals surface area contributed by atoms with Gasteiger partial charge in [0.25, 0.3) is 6.43 Å². The minimum Gasteiger partial charge on any atom is -0.477 e. The SMILES string of the molecule is Cn1cc(-c2cc3c(cc2C(F)F)N(c2nc(C(=O)O)cc4cc(C5CCOC5)ccc24)CCC3)cn1. The van der Waals surface area contributed by atoms with Gasteiger partial charge in [-0.05, 0) is 59.5 Å². The Hall–Kier alpha value is -3.85. The summed E-state index contributed by atoms with van der Waals surface area (Å²) >= 11 is 0. The van der Waals surface area contributed by atoms with Gasteiger partial charge in [-0.3, -0.25) is 4.68 Å². The predicted molar refractivity (Wildman–Crippen MR) is 136 cm³/mol. The second-order valence-electron chi connectivity index (χ2n) is 9.70. The lowest BCUT2D eigenvalue weighted by molar-refractivity contribution is 0.0690. The molecule has 1 N–H and O–H groups in total. The molecule has 2 aromatic carbocycles. The van der Waals surface area contributed by atoms with E-state index in [-0.39, 0.29) is 17.2 Å². The maximum Gasteiger partial charge on any atom is 0.354 e. The first kappa shape index (κ1) is 23.5. The van der Waals surface area contributed by atoms with E-state index in [1.165, 1.54) is 6.07 Å². The zero-order chi connectivity index (χ0) is 25.7. The predicted octanol–water partition coefficient (Wildman–Crippen LogP) is 5.86.